The first-order valence-corrected chi connectivity index (χ1v) is 6.28. The lowest BCUT2D eigenvalue weighted by atomic mass is 10.1. The van der Waals surface area contributed by atoms with Crippen LogP contribution in [0.2, 0.25) is 0 Å². The van der Waals surface area contributed by atoms with Gasteiger partial charge in [0.15, 0.2) is 0 Å². The molecule has 0 atom stereocenters. The van der Waals surface area contributed by atoms with Crippen LogP contribution in [0.25, 0.3) is 0 Å². The minimum absolute atomic E-state index is 0.648. The minimum atomic E-state index is 0.648. The molecule has 0 saturated heterocycles. The second-order valence-electron chi connectivity index (χ2n) is 4.09. The molecule has 1 N–H and O–H groups in total. The van der Waals surface area contributed by atoms with Crippen molar-refractivity contribution in [3.63, 3.8) is 0 Å². The maximum atomic E-state index is 8.75. The molecule has 0 fully saturated rings. The van der Waals surface area contributed by atoms with Gasteiger partial charge in [-0.15, -0.1) is 0 Å². The zero-order valence-corrected chi connectivity index (χ0v) is 10.9. The van der Waals surface area contributed by atoms with E-state index in [0.29, 0.717) is 18.7 Å². The molecule has 3 nitrogen and oxygen atoms in total. The third-order valence-corrected chi connectivity index (χ3v) is 2.75. The highest BCUT2D eigenvalue weighted by molar-refractivity contribution is 5.56. The number of nitriles is 1. The SMILES string of the molecule is CCOc1ccccc1NCc1ccc(C#N)cc1. The Labute approximate surface area is 113 Å². The Hall–Kier alpha value is -2.47. The molecule has 0 radical (unpaired) electrons. The Balaban J connectivity index is 2.03. The first-order valence-electron chi connectivity index (χ1n) is 6.28. The van der Waals surface area contributed by atoms with Gasteiger partial charge in [0, 0.05) is 6.54 Å². The van der Waals surface area contributed by atoms with Gasteiger partial charge in [0.25, 0.3) is 0 Å². The summed E-state index contributed by atoms with van der Waals surface area (Å²) in [5.41, 5.74) is 2.79. The van der Waals surface area contributed by atoms with Crippen LogP contribution in [-0.2, 0) is 6.54 Å². The average Bonchev–Trinajstić information content (AvgIpc) is 2.47. The van der Waals surface area contributed by atoms with E-state index >= 15 is 0 Å². The van der Waals surface area contributed by atoms with Crippen molar-refractivity contribution < 1.29 is 4.74 Å². The molecule has 0 unspecified atom stereocenters. The number of hydrogen-bond donors (Lipinski definition) is 1. The Morgan fingerprint density at radius 2 is 1.84 bits per heavy atom. The van der Waals surface area contributed by atoms with Gasteiger partial charge in [0.05, 0.1) is 23.9 Å². The number of para-hydroxylation sites is 2. The van der Waals surface area contributed by atoms with Gasteiger partial charge in [-0.25, -0.2) is 0 Å². The van der Waals surface area contributed by atoms with Crippen LogP contribution in [0.4, 0.5) is 5.69 Å². The second-order valence-corrected chi connectivity index (χ2v) is 4.09. The molecule has 0 aliphatic rings. The number of nitrogens with one attached hydrogen (secondary N) is 1. The zero-order valence-electron chi connectivity index (χ0n) is 10.9. The lowest BCUT2D eigenvalue weighted by molar-refractivity contribution is 0.341. The van der Waals surface area contributed by atoms with E-state index in [-0.39, 0.29) is 0 Å². The molecule has 0 spiro atoms. The Morgan fingerprint density at radius 3 is 2.53 bits per heavy atom. The highest BCUT2D eigenvalue weighted by Crippen LogP contribution is 2.24. The standard InChI is InChI=1S/C16H16N2O/c1-2-19-16-6-4-3-5-15(16)18-12-14-9-7-13(11-17)8-10-14/h3-10,18H,2,12H2,1H3. The van der Waals surface area contributed by atoms with Gasteiger partial charge in [-0.1, -0.05) is 24.3 Å². The summed E-state index contributed by atoms with van der Waals surface area (Å²) in [5, 5.41) is 12.1. The van der Waals surface area contributed by atoms with Crippen LogP contribution in [0.3, 0.4) is 0 Å². The fourth-order valence-corrected chi connectivity index (χ4v) is 1.79. The van der Waals surface area contributed by atoms with E-state index in [0.717, 1.165) is 17.0 Å². The predicted molar refractivity (Wildman–Crippen MR) is 76.1 cm³/mol. The third kappa shape index (κ3) is 3.49. The molecule has 0 saturated carbocycles. The quantitative estimate of drug-likeness (QED) is 0.884. The maximum Gasteiger partial charge on any atom is 0.142 e. The fraction of sp³-hybridized carbons (Fsp3) is 0.188. The molecule has 2 aromatic carbocycles. The van der Waals surface area contributed by atoms with Crippen LogP contribution < -0.4 is 10.1 Å². The summed E-state index contributed by atoms with van der Waals surface area (Å²) >= 11 is 0. The van der Waals surface area contributed by atoms with Crippen molar-refractivity contribution >= 4 is 5.69 Å². The van der Waals surface area contributed by atoms with Crippen molar-refractivity contribution in [2.24, 2.45) is 0 Å². The van der Waals surface area contributed by atoms with Gasteiger partial charge in [-0.2, -0.15) is 5.26 Å². The first-order chi connectivity index (χ1) is 9.33. The predicted octanol–water partition coefficient (Wildman–Crippen LogP) is 3.57. The summed E-state index contributed by atoms with van der Waals surface area (Å²) in [6.07, 6.45) is 0. The smallest absolute Gasteiger partial charge is 0.142 e. The molecule has 2 aromatic rings. The van der Waals surface area contributed by atoms with Gasteiger partial charge < -0.3 is 10.1 Å². The largest absolute Gasteiger partial charge is 0.492 e. The molecule has 19 heavy (non-hydrogen) atoms. The van der Waals surface area contributed by atoms with Crippen molar-refractivity contribution in [1.29, 1.82) is 5.26 Å². The van der Waals surface area contributed by atoms with E-state index in [1.54, 1.807) is 0 Å². The second kappa shape index (κ2) is 6.46. The van der Waals surface area contributed by atoms with Crippen LogP contribution >= 0.6 is 0 Å². The summed E-state index contributed by atoms with van der Waals surface area (Å²) < 4.78 is 5.56. The average molecular weight is 252 g/mol. The summed E-state index contributed by atoms with van der Waals surface area (Å²) in [4.78, 5) is 0. The monoisotopic (exact) mass is 252 g/mol. The molecule has 3 heteroatoms. The van der Waals surface area contributed by atoms with Crippen LogP contribution in [0, 0.1) is 11.3 Å². The van der Waals surface area contributed by atoms with Crippen LogP contribution in [0.1, 0.15) is 18.1 Å². The molecule has 0 aliphatic heterocycles. The van der Waals surface area contributed by atoms with Gasteiger partial charge >= 0.3 is 0 Å². The molecular formula is C16H16N2O. The van der Waals surface area contributed by atoms with E-state index in [1.807, 2.05) is 55.5 Å². The van der Waals surface area contributed by atoms with Crippen LogP contribution in [-0.4, -0.2) is 6.61 Å². The summed E-state index contributed by atoms with van der Waals surface area (Å²) in [7, 11) is 0. The molecule has 0 bridgehead atoms. The van der Waals surface area contributed by atoms with Gasteiger partial charge in [-0.05, 0) is 36.8 Å². The highest BCUT2D eigenvalue weighted by atomic mass is 16.5. The van der Waals surface area contributed by atoms with Gasteiger partial charge in [0.2, 0.25) is 0 Å². The van der Waals surface area contributed by atoms with E-state index in [9.17, 15) is 0 Å². The topological polar surface area (TPSA) is 45.0 Å². The highest BCUT2D eigenvalue weighted by Gasteiger charge is 2.01. The van der Waals surface area contributed by atoms with Crippen LogP contribution in [0.5, 0.6) is 5.75 Å². The maximum absolute atomic E-state index is 8.75. The Morgan fingerprint density at radius 1 is 1.11 bits per heavy atom. The Bertz CT molecular complexity index is 570. The van der Waals surface area contributed by atoms with Crippen molar-refractivity contribution in [3.05, 3.63) is 59.7 Å². The van der Waals surface area contributed by atoms with Crippen molar-refractivity contribution in [1.82, 2.24) is 0 Å². The Kier molecular flexibility index (Phi) is 4.41. The van der Waals surface area contributed by atoms with E-state index in [2.05, 4.69) is 11.4 Å². The lowest BCUT2D eigenvalue weighted by Crippen LogP contribution is -2.02. The third-order valence-electron chi connectivity index (χ3n) is 2.75. The molecule has 0 amide bonds. The minimum Gasteiger partial charge on any atom is -0.492 e. The number of ether oxygens (including phenoxy) is 1. The summed E-state index contributed by atoms with van der Waals surface area (Å²) in [5.74, 6) is 0.860. The first kappa shape index (κ1) is 13.0. The number of anilines is 1. The molecule has 0 aromatic heterocycles. The number of nitrogens with zero attached hydrogens (tertiary/aromatic N) is 1. The molecule has 96 valence electrons. The van der Waals surface area contributed by atoms with E-state index < -0.39 is 0 Å². The molecule has 0 aliphatic carbocycles. The molecule has 0 heterocycles. The molecular weight excluding hydrogens is 236 g/mol. The summed E-state index contributed by atoms with van der Waals surface area (Å²) in [6.45, 7) is 3.32. The zero-order chi connectivity index (χ0) is 13.5. The lowest BCUT2D eigenvalue weighted by Gasteiger charge is -2.12. The van der Waals surface area contributed by atoms with Crippen LogP contribution in [0.15, 0.2) is 48.5 Å². The number of hydrogen-bond acceptors (Lipinski definition) is 3. The fourth-order valence-electron chi connectivity index (χ4n) is 1.79. The van der Waals surface area contributed by atoms with Crippen molar-refractivity contribution in [2.75, 3.05) is 11.9 Å². The normalized spacial score (nSPS) is 9.68. The molecule has 2 rings (SSSR count). The number of rotatable bonds is 5. The number of benzene rings is 2. The van der Waals surface area contributed by atoms with E-state index in [4.69, 9.17) is 10.00 Å². The van der Waals surface area contributed by atoms with Gasteiger partial charge in [-0.3, -0.25) is 0 Å². The van der Waals surface area contributed by atoms with Crippen molar-refractivity contribution in [2.45, 2.75) is 13.5 Å². The van der Waals surface area contributed by atoms with E-state index in [1.165, 1.54) is 0 Å². The van der Waals surface area contributed by atoms with Gasteiger partial charge in [0.1, 0.15) is 5.75 Å². The van der Waals surface area contributed by atoms with Crippen molar-refractivity contribution in [3.8, 4) is 11.8 Å². The summed E-state index contributed by atoms with van der Waals surface area (Å²) in [6, 6.07) is 17.5.